The quantitative estimate of drug-likeness (QED) is 0.655. The van der Waals surface area contributed by atoms with E-state index in [1.54, 1.807) is 11.8 Å². The van der Waals surface area contributed by atoms with E-state index < -0.39 is 12.0 Å². The predicted molar refractivity (Wildman–Crippen MR) is 43.8 cm³/mol. The molecule has 2 heterocycles. The molecule has 1 saturated heterocycles. The molecule has 0 unspecified atom stereocenters. The summed E-state index contributed by atoms with van der Waals surface area (Å²) < 4.78 is 25.8. The van der Waals surface area contributed by atoms with Gasteiger partial charge in [0.15, 0.2) is 11.6 Å². The van der Waals surface area contributed by atoms with Crippen LogP contribution in [-0.2, 0) is 0 Å². The van der Waals surface area contributed by atoms with Crippen molar-refractivity contribution >= 4 is 5.82 Å². The molecule has 1 fully saturated rings. The monoisotopic (exact) mass is 185 g/mol. The van der Waals surface area contributed by atoms with Gasteiger partial charge in [0, 0.05) is 0 Å². The third-order valence-electron chi connectivity index (χ3n) is 2.08. The average Bonchev–Trinajstić information content (AvgIpc) is 2.05. The van der Waals surface area contributed by atoms with E-state index in [-0.39, 0.29) is 18.9 Å². The van der Waals surface area contributed by atoms with Crippen LogP contribution in [0.15, 0.2) is 6.33 Å². The second-order valence-electron chi connectivity index (χ2n) is 3.10. The summed E-state index contributed by atoms with van der Waals surface area (Å²) >= 11 is 0. The second kappa shape index (κ2) is 2.90. The maximum Gasteiger partial charge on any atom is 0.186 e. The molecule has 1 aromatic rings. The fourth-order valence-electron chi connectivity index (χ4n) is 1.26. The summed E-state index contributed by atoms with van der Waals surface area (Å²) in [6.45, 7) is 2.02. The van der Waals surface area contributed by atoms with Crippen LogP contribution in [-0.4, -0.2) is 29.2 Å². The Balaban J connectivity index is 2.26. The molecule has 0 aromatic carbocycles. The van der Waals surface area contributed by atoms with Crippen LogP contribution in [0.2, 0.25) is 0 Å². The second-order valence-corrected chi connectivity index (χ2v) is 3.10. The van der Waals surface area contributed by atoms with Gasteiger partial charge in [-0.05, 0) is 6.92 Å². The SMILES string of the molecule is Cc1ncnc(N2CC(F)C2)c1F. The number of aryl methyl sites for hydroxylation is 1. The Morgan fingerprint density at radius 3 is 2.77 bits per heavy atom. The zero-order chi connectivity index (χ0) is 9.42. The summed E-state index contributed by atoms with van der Waals surface area (Å²) in [6, 6.07) is 0. The lowest BCUT2D eigenvalue weighted by atomic mass is 10.2. The van der Waals surface area contributed by atoms with E-state index in [9.17, 15) is 8.78 Å². The Kier molecular flexibility index (Phi) is 1.86. The van der Waals surface area contributed by atoms with Crippen LogP contribution in [0.3, 0.4) is 0 Å². The number of alkyl halides is 1. The lowest BCUT2D eigenvalue weighted by Crippen LogP contribution is -2.49. The number of nitrogens with zero attached hydrogens (tertiary/aromatic N) is 3. The first-order valence-corrected chi connectivity index (χ1v) is 4.04. The fourth-order valence-corrected chi connectivity index (χ4v) is 1.26. The van der Waals surface area contributed by atoms with Gasteiger partial charge < -0.3 is 4.90 Å². The van der Waals surface area contributed by atoms with E-state index >= 15 is 0 Å². The zero-order valence-electron chi connectivity index (χ0n) is 7.17. The summed E-state index contributed by atoms with van der Waals surface area (Å²) in [4.78, 5) is 9.03. The van der Waals surface area contributed by atoms with Crippen LogP contribution in [0.4, 0.5) is 14.6 Å². The molecule has 0 amide bonds. The third kappa shape index (κ3) is 1.34. The van der Waals surface area contributed by atoms with Gasteiger partial charge in [0.2, 0.25) is 0 Å². The molecule has 13 heavy (non-hydrogen) atoms. The van der Waals surface area contributed by atoms with Gasteiger partial charge in [-0.1, -0.05) is 0 Å². The molecule has 1 aliphatic rings. The lowest BCUT2D eigenvalue weighted by molar-refractivity contribution is 0.271. The van der Waals surface area contributed by atoms with Gasteiger partial charge in [-0.15, -0.1) is 0 Å². The molecule has 5 heteroatoms. The van der Waals surface area contributed by atoms with Crippen molar-refractivity contribution in [2.75, 3.05) is 18.0 Å². The molecule has 70 valence electrons. The van der Waals surface area contributed by atoms with Crippen molar-refractivity contribution in [2.24, 2.45) is 0 Å². The van der Waals surface area contributed by atoms with E-state index in [1.165, 1.54) is 6.33 Å². The molecular formula is C8H9F2N3. The lowest BCUT2D eigenvalue weighted by Gasteiger charge is -2.35. The third-order valence-corrected chi connectivity index (χ3v) is 2.08. The molecule has 3 nitrogen and oxygen atoms in total. The summed E-state index contributed by atoms with van der Waals surface area (Å²) in [7, 11) is 0. The molecule has 0 spiro atoms. The van der Waals surface area contributed by atoms with Crippen molar-refractivity contribution in [1.29, 1.82) is 0 Å². The van der Waals surface area contributed by atoms with Gasteiger partial charge in [0.25, 0.3) is 0 Å². The molecule has 0 bridgehead atoms. The van der Waals surface area contributed by atoms with Crippen LogP contribution in [0, 0.1) is 12.7 Å². The van der Waals surface area contributed by atoms with Crippen molar-refractivity contribution in [2.45, 2.75) is 13.1 Å². The molecule has 0 atom stereocenters. The summed E-state index contributed by atoms with van der Waals surface area (Å²) in [5, 5.41) is 0. The van der Waals surface area contributed by atoms with Gasteiger partial charge in [0.1, 0.15) is 12.5 Å². The van der Waals surface area contributed by atoms with Crippen molar-refractivity contribution in [3.8, 4) is 0 Å². The number of aromatic nitrogens is 2. The zero-order valence-corrected chi connectivity index (χ0v) is 7.17. The first-order valence-electron chi connectivity index (χ1n) is 4.04. The van der Waals surface area contributed by atoms with Crippen molar-refractivity contribution in [3.63, 3.8) is 0 Å². The highest BCUT2D eigenvalue weighted by molar-refractivity contribution is 5.43. The van der Waals surface area contributed by atoms with Gasteiger partial charge in [-0.2, -0.15) is 0 Å². The number of anilines is 1. The van der Waals surface area contributed by atoms with Crippen LogP contribution in [0.1, 0.15) is 5.69 Å². The Labute approximate surface area is 74.4 Å². The molecule has 1 aromatic heterocycles. The molecule has 2 rings (SSSR count). The Bertz CT molecular complexity index is 323. The average molecular weight is 185 g/mol. The van der Waals surface area contributed by atoms with Crippen LogP contribution < -0.4 is 4.90 Å². The first kappa shape index (κ1) is 8.34. The minimum absolute atomic E-state index is 0.210. The van der Waals surface area contributed by atoms with E-state index in [0.717, 1.165) is 0 Å². The van der Waals surface area contributed by atoms with Gasteiger partial charge in [-0.25, -0.2) is 18.7 Å². The minimum atomic E-state index is -0.852. The van der Waals surface area contributed by atoms with E-state index in [0.29, 0.717) is 5.69 Å². The van der Waals surface area contributed by atoms with E-state index in [1.807, 2.05) is 0 Å². The Hall–Kier alpha value is -1.26. The van der Waals surface area contributed by atoms with Crippen molar-refractivity contribution in [3.05, 3.63) is 17.8 Å². The predicted octanol–water partition coefficient (Wildman–Crippen LogP) is 1.08. The fraction of sp³-hybridized carbons (Fsp3) is 0.500. The summed E-state index contributed by atoms with van der Waals surface area (Å²) in [5.41, 5.74) is 0.298. The molecule has 0 saturated carbocycles. The van der Waals surface area contributed by atoms with E-state index in [4.69, 9.17) is 0 Å². The van der Waals surface area contributed by atoms with Gasteiger partial charge >= 0.3 is 0 Å². The van der Waals surface area contributed by atoms with Gasteiger partial charge in [0.05, 0.1) is 18.8 Å². The number of hydrogen-bond acceptors (Lipinski definition) is 3. The molecular weight excluding hydrogens is 176 g/mol. The number of halogens is 2. The molecule has 0 radical (unpaired) electrons. The number of hydrogen-bond donors (Lipinski definition) is 0. The Morgan fingerprint density at radius 1 is 1.46 bits per heavy atom. The smallest absolute Gasteiger partial charge is 0.186 e. The molecule has 0 aliphatic carbocycles. The van der Waals surface area contributed by atoms with Gasteiger partial charge in [-0.3, -0.25) is 0 Å². The minimum Gasteiger partial charge on any atom is -0.348 e. The topological polar surface area (TPSA) is 29.0 Å². The summed E-state index contributed by atoms with van der Waals surface area (Å²) in [5.74, 6) is -0.240. The van der Waals surface area contributed by atoms with Crippen LogP contribution >= 0.6 is 0 Å². The molecule has 0 N–H and O–H groups in total. The normalized spacial score (nSPS) is 17.3. The highest BCUT2D eigenvalue weighted by Gasteiger charge is 2.29. The standard InChI is InChI=1S/C8H9F2N3/c1-5-7(10)8(12-4-11-5)13-2-6(9)3-13/h4,6H,2-3H2,1H3. The van der Waals surface area contributed by atoms with Crippen molar-refractivity contribution < 1.29 is 8.78 Å². The maximum absolute atomic E-state index is 13.3. The largest absolute Gasteiger partial charge is 0.348 e. The van der Waals surface area contributed by atoms with E-state index in [2.05, 4.69) is 9.97 Å². The Morgan fingerprint density at radius 2 is 2.15 bits per heavy atom. The van der Waals surface area contributed by atoms with Crippen LogP contribution in [0.25, 0.3) is 0 Å². The molecule has 1 aliphatic heterocycles. The highest BCUT2D eigenvalue weighted by Crippen LogP contribution is 2.23. The first-order chi connectivity index (χ1) is 6.18. The highest BCUT2D eigenvalue weighted by atomic mass is 19.1. The van der Waals surface area contributed by atoms with Crippen LogP contribution in [0.5, 0.6) is 0 Å². The number of rotatable bonds is 1. The van der Waals surface area contributed by atoms with Crippen molar-refractivity contribution in [1.82, 2.24) is 9.97 Å². The summed E-state index contributed by atoms with van der Waals surface area (Å²) in [6.07, 6.45) is 0.439. The maximum atomic E-state index is 13.3.